The van der Waals surface area contributed by atoms with E-state index in [1.807, 2.05) is 29.1 Å². The second kappa shape index (κ2) is 5.90. The molecule has 3 rings (SSSR count). The summed E-state index contributed by atoms with van der Waals surface area (Å²) in [6.45, 7) is 4.71. The highest BCUT2D eigenvalue weighted by atomic mass is 79.9. The molecule has 1 aromatic heterocycles. The fraction of sp³-hybridized carbons (Fsp3) is 0.235. The molecule has 0 amide bonds. The van der Waals surface area contributed by atoms with Crippen molar-refractivity contribution in [1.29, 1.82) is 0 Å². The molecule has 0 fully saturated rings. The Balaban J connectivity index is 1.73. The number of benzene rings is 2. The smallest absolute Gasteiger partial charge is 0.132 e. The molecule has 0 bridgehead atoms. The van der Waals surface area contributed by atoms with Crippen molar-refractivity contribution in [2.75, 3.05) is 0 Å². The van der Waals surface area contributed by atoms with Crippen LogP contribution in [0.3, 0.4) is 0 Å². The molecular weight excluding hydrogens is 328 g/mol. The van der Waals surface area contributed by atoms with Crippen molar-refractivity contribution in [3.05, 3.63) is 58.8 Å². The minimum absolute atomic E-state index is 0.373. The third kappa shape index (κ3) is 3.27. The van der Waals surface area contributed by atoms with Gasteiger partial charge in [0.05, 0.1) is 5.69 Å². The molecule has 0 saturated carbocycles. The van der Waals surface area contributed by atoms with E-state index >= 15 is 0 Å². The van der Waals surface area contributed by atoms with Crippen LogP contribution in [0.5, 0.6) is 5.75 Å². The summed E-state index contributed by atoms with van der Waals surface area (Å²) in [5, 5.41) is 6.85. The summed E-state index contributed by atoms with van der Waals surface area (Å²) < 4.78 is 8.86. The highest BCUT2D eigenvalue weighted by Crippen LogP contribution is 2.24. The van der Waals surface area contributed by atoms with Crippen molar-refractivity contribution < 1.29 is 4.74 Å². The Morgan fingerprint density at radius 3 is 2.62 bits per heavy atom. The largest absolute Gasteiger partial charge is 0.487 e. The first-order valence-corrected chi connectivity index (χ1v) is 7.77. The zero-order chi connectivity index (χ0) is 14.8. The number of hydrogen-bond acceptors (Lipinski definition) is 2. The molecule has 3 aromatic rings. The van der Waals surface area contributed by atoms with Crippen LogP contribution in [0.1, 0.15) is 25.6 Å². The molecule has 0 spiro atoms. The van der Waals surface area contributed by atoms with Crippen LogP contribution in [0.2, 0.25) is 0 Å². The maximum Gasteiger partial charge on any atom is 0.132 e. The number of fused-ring (bicyclic) bond motifs is 1. The van der Waals surface area contributed by atoms with Crippen molar-refractivity contribution in [1.82, 2.24) is 9.78 Å². The lowest BCUT2D eigenvalue weighted by Gasteiger charge is -2.07. The van der Waals surface area contributed by atoms with Gasteiger partial charge in [-0.2, -0.15) is 5.10 Å². The summed E-state index contributed by atoms with van der Waals surface area (Å²) in [4.78, 5) is 0. The molecule has 0 aliphatic carbocycles. The first-order chi connectivity index (χ1) is 10.1. The van der Waals surface area contributed by atoms with Crippen LogP contribution in [-0.4, -0.2) is 9.78 Å². The van der Waals surface area contributed by atoms with Crippen LogP contribution >= 0.6 is 15.9 Å². The van der Waals surface area contributed by atoms with Gasteiger partial charge in [-0.15, -0.1) is 0 Å². The van der Waals surface area contributed by atoms with Crippen LogP contribution in [0.25, 0.3) is 10.8 Å². The van der Waals surface area contributed by atoms with E-state index in [2.05, 4.69) is 59.1 Å². The molecule has 4 heteroatoms. The van der Waals surface area contributed by atoms with Gasteiger partial charge in [0.1, 0.15) is 12.4 Å². The number of ether oxygens (including phenoxy) is 1. The second-order valence-electron chi connectivity index (χ2n) is 5.32. The van der Waals surface area contributed by atoms with Gasteiger partial charge in [-0.3, -0.25) is 4.68 Å². The molecule has 108 valence electrons. The van der Waals surface area contributed by atoms with Gasteiger partial charge >= 0.3 is 0 Å². The van der Waals surface area contributed by atoms with Crippen molar-refractivity contribution in [2.45, 2.75) is 26.5 Å². The first-order valence-electron chi connectivity index (χ1n) is 6.98. The van der Waals surface area contributed by atoms with Gasteiger partial charge in [0.25, 0.3) is 0 Å². The molecule has 0 aliphatic heterocycles. The molecule has 2 aromatic carbocycles. The molecule has 0 atom stereocenters. The van der Waals surface area contributed by atoms with E-state index in [1.165, 1.54) is 10.8 Å². The van der Waals surface area contributed by atoms with Crippen molar-refractivity contribution in [2.24, 2.45) is 0 Å². The molecule has 0 aliphatic rings. The maximum atomic E-state index is 5.84. The summed E-state index contributed by atoms with van der Waals surface area (Å²) in [5.74, 6) is 0.865. The molecule has 1 heterocycles. The van der Waals surface area contributed by atoms with Crippen LogP contribution in [0.4, 0.5) is 0 Å². The van der Waals surface area contributed by atoms with Gasteiger partial charge in [0.2, 0.25) is 0 Å². The van der Waals surface area contributed by atoms with Crippen molar-refractivity contribution >= 4 is 26.7 Å². The number of aromatic nitrogens is 2. The normalized spacial score (nSPS) is 11.2. The van der Waals surface area contributed by atoms with Gasteiger partial charge in [0.15, 0.2) is 0 Å². The molecule has 0 saturated heterocycles. The highest BCUT2D eigenvalue weighted by Gasteiger charge is 2.04. The van der Waals surface area contributed by atoms with E-state index in [0.29, 0.717) is 12.6 Å². The number of nitrogens with zero attached hydrogens (tertiary/aromatic N) is 2. The SMILES string of the molecule is CC(C)n1ccc(COc2ccc3cc(Br)ccc3c2)n1. The predicted molar refractivity (Wildman–Crippen MR) is 88.6 cm³/mol. The van der Waals surface area contributed by atoms with Crippen molar-refractivity contribution in [3.8, 4) is 5.75 Å². The monoisotopic (exact) mass is 344 g/mol. The van der Waals surface area contributed by atoms with E-state index in [0.717, 1.165) is 15.9 Å². The minimum atomic E-state index is 0.373. The lowest BCUT2D eigenvalue weighted by atomic mass is 10.1. The third-order valence-corrected chi connectivity index (χ3v) is 3.85. The number of halogens is 1. The zero-order valence-electron chi connectivity index (χ0n) is 12.1. The predicted octanol–water partition coefficient (Wildman–Crippen LogP) is 4.96. The Hall–Kier alpha value is -1.81. The fourth-order valence-electron chi connectivity index (χ4n) is 2.18. The van der Waals surface area contributed by atoms with Gasteiger partial charge in [-0.1, -0.05) is 28.1 Å². The Kier molecular flexibility index (Phi) is 3.97. The lowest BCUT2D eigenvalue weighted by Crippen LogP contribution is -2.03. The summed E-state index contributed by atoms with van der Waals surface area (Å²) in [6.07, 6.45) is 1.99. The summed E-state index contributed by atoms with van der Waals surface area (Å²) in [6, 6.07) is 14.7. The molecule has 0 unspecified atom stereocenters. The molecular formula is C17H17BrN2O. The summed E-state index contributed by atoms with van der Waals surface area (Å²) >= 11 is 3.48. The third-order valence-electron chi connectivity index (χ3n) is 3.35. The Morgan fingerprint density at radius 1 is 1.10 bits per heavy atom. The van der Waals surface area contributed by atoms with E-state index in [1.54, 1.807) is 0 Å². The van der Waals surface area contributed by atoms with E-state index in [-0.39, 0.29) is 0 Å². The quantitative estimate of drug-likeness (QED) is 0.668. The Labute approximate surface area is 132 Å². The van der Waals surface area contributed by atoms with E-state index < -0.39 is 0 Å². The highest BCUT2D eigenvalue weighted by molar-refractivity contribution is 9.10. The number of rotatable bonds is 4. The topological polar surface area (TPSA) is 27.1 Å². The summed E-state index contributed by atoms with van der Waals surface area (Å²) in [7, 11) is 0. The van der Waals surface area contributed by atoms with Gasteiger partial charge < -0.3 is 4.74 Å². The zero-order valence-corrected chi connectivity index (χ0v) is 13.7. The van der Waals surface area contributed by atoms with Crippen LogP contribution in [0.15, 0.2) is 53.1 Å². The van der Waals surface area contributed by atoms with Crippen LogP contribution < -0.4 is 4.74 Å². The van der Waals surface area contributed by atoms with Gasteiger partial charge in [0, 0.05) is 16.7 Å². The molecule has 0 radical (unpaired) electrons. The van der Waals surface area contributed by atoms with Crippen LogP contribution in [-0.2, 0) is 6.61 Å². The average Bonchev–Trinajstić information content (AvgIpc) is 2.94. The summed E-state index contributed by atoms with van der Waals surface area (Å²) in [5.41, 5.74) is 0.944. The Bertz CT molecular complexity index is 764. The molecule has 3 nitrogen and oxygen atoms in total. The van der Waals surface area contributed by atoms with Gasteiger partial charge in [-0.25, -0.2) is 0 Å². The maximum absolute atomic E-state index is 5.84. The van der Waals surface area contributed by atoms with E-state index in [4.69, 9.17) is 4.74 Å². The molecule has 0 N–H and O–H groups in total. The fourth-order valence-corrected chi connectivity index (χ4v) is 2.56. The standard InChI is InChI=1S/C17H17BrN2O/c1-12(2)20-8-7-16(19-20)11-21-17-6-4-13-9-15(18)5-3-14(13)10-17/h3-10,12H,11H2,1-2H3. The number of hydrogen-bond donors (Lipinski definition) is 0. The van der Waals surface area contributed by atoms with Crippen LogP contribution in [0, 0.1) is 0 Å². The minimum Gasteiger partial charge on any atom is -0.487 e. The second-order valence-corrected chi connectivity index (χ2v) is 6.24. The average molecular weight is 345 g/mol. The molecule has 21 heavy (non-hydrogen) atoms. The Morgan fingerprint density at radius 2 is 1.86 bits per heavy atom. The van der Waals surface area contributed by atoms with Crippen molar-refractivity contribution in [3.63, 3.8) is 0 Å². The van der Waals surface area contributed by atoms with Gasteiger partial charge in [-0.05, 0) is 55.0 Å². The first kappa shape index (κ1) is 14.1. The lowest BCUT2D eigenvalue weighted by molar-refractivity contribution is 0.299. The van der Waals surface area contributed by atoms with E-state index in [9.17, 15) is 0 Å².